The van der Waals surface area contributed by atoms with Crippen LogP contribution in [0.1, 0.15) is 54.3 Å². The summed E-state index contributed by atoms with van der Waals surface area (Å²) in [7, 11) is 0. The number of hydrogen-bond acceptors (Lipinski definition) is 6. The first-order chi connectivity index (χ1) is 11.2. The first-order valence-corrected chi connectivity index (χ1v) is 7.86. The average molecular weight is 316 g/mol. The maximum absolute atomic E-state index is 12.1. The molecular weight excluding hydrogens is 296 g/mol. The van der Waals surface area contributed by atoms with Gasteiger partial charge in [0, 0.05) is 13.5 Å². The lowest BCUT2D eigenvalue weighted by atomic mass is 9.97. The van der Waals surface area contributed by atoms with Gasteiger partial charge in [0.05, 0.1) is 6.20 Å². The lowest BCUT2D eigenvalue weighted by Gasteiger charge is -2.12. The Morgan fingerprint density at radius 1 is 1.43 bits per heavy atom. The van der Waals surface area contributed by atoms with Crippen LogP contribution in [0, 0.1) is 6.92 Å². The SMILES string of the molecule is Cc1nc(Cn2cc(C(=O)NCCC3=CCCCC3)nn2)no1. The summed E-state index contributed by atoms with van der Waals surface area (Å²) in [6.45, 7) is 2.67. The summed E-state index contributed by atoms with van der Waals surface area (Å²) in [6.07, 6.45) is 9.62. The van der Waals surface area contributed by atoms with Crippen LogP contribution in [0.3, 0.4) is 0 Å². The number of amides is 1. The van der Waals surface area contributed by atoms with Gasteiger partial charge in [-0.2, -0.15) is 4.98 Å². The zero-order valence-corrected chi connectivity index (χ0v) is 13.2. The quantitative estimate of drug-likeness (QED) is 0.813. The van der Waals surface area contributed by atoms with Crippen molar-refractivity contribution < 1.29 is 9.32 Å². The van der Waals surface area contributed by atoms with E-state index in [1.165, 1.54) is 23.1 Å². The van der Waals surface area contributed by atoms with E-state index in [0.29, 0.717) is 30.5 Å². The van der Waals surface area contributed by atoms with Gasteiger partial charge in [-0.25, -0.2) is 4.68 Å². The van der Waals surface area contributed by atoms with E-state index in [1.54, 1.807) is 13.1 Å². The molecule has 8 heteroatoms. The van der Waals surface area contributed by atoms with Crippen molar-refractivity contribution in [3.05, 3.63) is 35.3 Å². The number of carbonyl (C=O) groups excluding carboxylic acids is 1. The third-order valence-electron chi connectivity index (χ3n) is 3.76. The van der Waals surface area contributed by atoms with Crippen molar-refractivity contribution >= 4 is 5.91 Å². The van der Waals surface area contributed by atoms with Gasteiger partial charge in [0.15, 0.2) is 11.5 Å². The Hall–Kier alpha value is -2.51. The summed E-state index contributed by atoms with van der Waals surface area (Å²) in [5, 5.41) is 14.5. The van der Waals surface area contributed by atoms with E-state index in [9.17, 15) is 4.79 Å². The van der Waals surface area contributed by atoms with Gasteiger partial charge in [0.25, 0.3) is 5.91 Å². The van der Waals surface area contributed by atoms with E-state index >= 15 is 0 Å². The molecule has 0 saturated heterocycles. The van der Waals surface area contributed by atoms with Crippen molar-refractivity contribution in [2.75, 3.05) is 6.54 Å². The number of hydrogen-bond donors (Lipinski definition) is 1. The molecule has 0 atom stereocenters. The number of rotatable bonds is 6. The van der Waals surface area contributed by atoms with Crippen molar-refractivity contribution in [3.63, 3.8) is 0 Å². The Labute approximate surface area is 133 Å². The minimum atomic E-state index is -0.211. The minimum absolute atomic E-state index is 0.211. The van der Waals surface area contributed by atoms with Gasteiger partial charge in [0.1, 0.15) is 6.54 Å². The van der Waals surface area contributed by atoms with Crippen molar-refractivity contribution in [1.29, 1.82) is 0 Å². The maximum Gasteiger partial charge on any atom is 0.273 e. The van der Waals surface area contributed by atoms with Crippen LogP contribution in [0.4, 0.5) is 0 Å². The van der Waals surface area contributed by atoms with Crippen LogP contribution in [0.5, 0.6) is 0 Å². The third kappa shape index (κ3) is 4.24. The molecule has 1 amide bonds. The van der Waals surface area contributed by atoms with Crippen molar-refractivity contribution in [1.82, 2.24) is 30.5 Å². The van der Waals surface area contributed by atoms with Crippen LogP contribution in [-0.2, 0) is 6.54 Å². The average Bonchev–Trinajstić information content (AvgIpc) is 3.18. The van der Waals surface area contributed by atoms with Gasteiger partial charge in [-0.15, -0.1) is 5.10 Å². The molecule has 0 radical (unpaired) electrons. The molecule has 0 unspecified atom stereocenters. The molecule has 2 heterocycles. The molecule has 8 nitrogen and oxygen atoms in total. The third-order valence-corrected chi connectivity index (χ3v) is 3.76. The first-order valence-electron chi connectivity index (χ1n) is 7.86. The Balaban J connectivity index is 1.48. The van der Waals surface area contributed by atoms with E-state index in [2.05, 4.69) is 31.8 Å². The van der Waals surface area contributed by atoms with Crippen molar-refractivity contribution in [3.8, 4) is 0 Å². The van der Waals surface area contributed by atoms with Gasteiger partial charge < -0.3 is 9.84 Å². The molecule has 23 heavy (non-hydrogen) atoms. The second-order valence-electron chi connectivity index (χ2n) is 5.65. The van der Waals surface area contributed by atoms with Crippen molar-refractivity contribution in [2.45, 2.75) is 45.6 Å². The smallest absolute Gasteiger partial charge is 0.273 e. The molecule has 0 fully saturated rings. The predicted octanol–water partition coefficient (Wildman–Crippen LogP) is 1.64. The maximum atomic E-state index is 12.1. The first kappa shape index (κ1) is 15.4. The molecule has 122 valence electrons. The molecule has 1 aliphatic carbocycles. The molecule has 1 aliphatic rings. The second-order valence-corrected chi connectivity index (χ2v) is 5.65. The summed E-state index contributed by atoms with van der Waals surface area (Å²) in [5.41, 5.74) is 1.73. The number of aromatic nitrogens is 5. The van der Waals surface area contributed by atoms with Crippen LogP contribution in [0.15, 0.2) is 22.4 Å². The highest BCUT2D eigenvalue weighted by Crippen LogP contribution is 2.19. The highest BCUT2D eigenvalue weighted by atomic mass is 16.5. The van der Waals surface area contributed by atoms with Gasteiger partial charge >= 0.3 is 0 Å². The molecule has 2 aromatic heterocycles. The van der Waals surface area contributed by atoms with Crippen LogP contribution in [-0.4, -0.2) is 37.6 Å². The van der Waals surface area contributed by atoms with E-state index < -0.39 is 0 Å². The summed E-state index contributed by atoms with van der Waals surface area (Å²) in [4.78, 5) is 16.1. The van der Waals surface area contributed by atoms with Crippen LogP contribution in [0.2, 0.25) is 0 Å². The molecule has 0 aromatic carbocycles. The minimum Gasteiger partial charge on any atom is -0.350 e. The van der Waals surface area contributed by atoms with Crippen LogP contribution < -0.4 is 5.32 Å². The molecule has 0 aliphatic heterocycles. The zero-order valence-electron chi connectivity index (χ0n) is 13.2. The van der Waals surface area contributed by atoms with Gasteiger partial charge in [-0.1, -0.05) is 22.0 Å². The molecule has 1 N–H and O–H groups in total. The van der Waals surface area contributed by atoms with Crippen LogP contribution >= 0.6 is 0 Å². The Morgan fingerprint density at radius 2 is 2.35 bits per heavy atom. The fourth-order valence-corrected chi connectivity index (χ4v) is 2.59. The number of aryl methyl sites for hydroxylation is 1. The van der Waals surface area contributed by atoms with E-state index in [4.69, 9.17) is 4.52 Å². The van der Waals surface area contributed by atoms with E-state index in [0.717, 1.165) is 19.3 Å². The Kier molecular flexibility index (Phi) is 4.80. The topological polar surface area (TPSA) is 98.7 Å². The van der Waals surface area contributed by atoms with E-state index in [1.807, 2.05) is 0 Å². The lowest BCUT2D eigenvalue weighted by molar-refractivity contribution is 0.0949. The molecule has 0 spiro atoms. The normalized spacial score (nSPS) is 14.6. The van der Waals surface area contributed by atoms with Gasteiger partial charge in [-0.3, -0.25) is 4.79 Å². The van der Waals surface area contributed by atoms with Crippen molar-refractivity contribution in [2.24, 2.45) is 0 Å². The Morgan fingerprint density at radius 3 is 3.09 bits per heavy atom. The summed E-state index contributed by atoms with van der Waals surface area (Å²) in [5.74, 6) is 0.788. The molecular formula is C15H20N6O2. The fraction of sp³-hybridized carbons (Fsp3) is 0.533. The molecule has 3 rings (SSSR count). The number of nitrogens with zero attached hydrogens (tertiary/aromatic N) is 5. The monoisotopic (exact) mass is 316 g/mol. The molecule has 0 saturated carbocycles. The summed E-state index contributed by atoms with van der Waals surface area (Å²) >= 11 is 0. The summed E-state index contributed by atoms with van der Waals surface area (Å²) < 4.78 is 6.41. The highest BCUT2D eigenvalue weighted by Gasteiger charge is 2.12. The van der Waals surface area contributed by atoms with E-state index in [-0.39, 0.29) is 5.91 Å². The predicted molar refractivity (Wildman–Crippen MR) is 81.7 cm³/mol. The van der Waals surface area contributed by atoms with Gasteiger partial charge in [0.2, 0.25) is 5.89 Å². The zero-order chi connectivity index (χ0) is 16.1. The second kappa shape index (κ2) is 7.17. The largest absolute Gasteiger partial charge is 0.350 e. The number of nitrogens with one attached hydrogen (secondary N) is 1. The number of carbonyl (C=O) groups is 1. The summed E-state index contributed by atoms with van der Waals surface area (Å²) in [6, 6.07) is 0. The highest BCUT2D eigenvalue weighted by molar-refractivity contribution is 5.91. The fourth-order valence-electron chi connectivity index (χ4n) is 2.59. The molecule has 2 aromatic rings. The Bertz CT molecular complexity index is 702. The van der Waals surface area contributed by atoms with Gasteiger partial charge in [-0.05, 0) is 32.1 Å². The van der Waals surface area contributed by atoms with Crippen LogP contribution in [0.25, 0.3) is 0 Å². The number of allylic oxidation sites excluding steroid dienone is 1. The standard InChI is InChI=1S/C15H20N6O2/c1-11-17-14(19-23-11)10-21-9-13(18-20-21)15(22)16-8-7-12-5-3-2-4-6-12/h5,9H,2-4,6-8,10H2,1H3,(H,16,22). The molecule has 0 bridgehead atoms. The lowest BCUT2D eigenvalue weighted by Crippen LogP contribution is -2.25.